The predicted octanol–water partition coefficient (Wildman–Crippen LogP) is 2.57. The Labute approximate surface area is 86.6 Å². The summed E-state index contributed by atoms with van der Waals surface area (Å²) in [4.78, 5) is 12.0. The highest BCUT2D eigenvalue weighted by Crippen LogP contribution is 2.23. The molecule has 1 aliphatic rings. The predicted molar refractivity (Wildman–Crippen MR) is 59.1 cm³/mol. The van der Waals surface area contributed by atoms with Crippen molar-refractivity contribution in [2.24, 2.45) is 5.73 Å². The monoisotopic (exact) mass is 195 g/mol. The van der Waals surface area contributed by atoms with Crippen molar-refractivity contribution < 1.29 is 4.79 Å². The number of ketones is 1. The Morgan fingerprint density at radius 2 is 2.29 bits per heavy atom. The van der Waals surface area contributed by atoms with Crippen LogP contribution in [0.25, 0.3) is 0 Å². The zero-order chi connectivity index (χ0) is 10.6. The molecule has 0 spiro atoms. The van der Waals surface area contributed by atoms with E-state index in [4.69, 9.17) is 5.73 Å². The molecule has 0 saturated heterocycles. The maximum absolute atomic E-state index is 12.0. The molecule has 0 aromatic heterocycles. The SMILES string of the molecule is CCCC(C)(N)C(=O)C1=CCCCC1. The molecule has 1 rings (SSSR count). The summed E-state index contributed by atoms with van der Waals surface area (Å²) in [5, 5.41) is 0. The highest BCUT2D eigenvalue weighted by Gasteiger charge is 2.29. The molecule has 1 unspecified atom stereocenters. The van der Waals surface area contributed by atoms with Gasteiger partial charge in [-0.1, -0.05) is 19.4 Å². The molecule has 1 atom stereocenters. The largest absolute Gasteiger partial charge is 0.319 e. The van der Waals surface area contributed by atoms with Gasteiger partial charge in [-0.05, 0) is 44.6 Å². The number of hydrogen-bond acceptors (Lipinski definition) is 2. The maximum atomic E-state index is 12.0. The van der Waals surface area contributed by atoms with Gasteiger partial charge in [-0.25, -0.2) is 0 Å². The van der Waals surface area contributed by atoms with Crippen LogP contribution < -0.4 is 5.73 Å². The van der Waals surface area contributed by atoms with E-state index in [-0.39, 0.29) is 5.78 Å². The van der Waals surface area contributed by atoms with Gasteiger partial charge in [0, 0.05) is 0 Å². The summed E-state index contributed by atoms with van der Waals surface area (Å²) in [6, 6.07) is 0. The van der Waals surface area contributed by atoms with E-state index in [0.29, 0.717) is 0 Å². The van der Waals surface area contributed by atoms with Crippen molar-refractivity contribution in [3.8, 4) is 0 Å². The third-order valence-electron chi connectivity index (χ3n) is 2.87. The van der Waals surface area contributed by atoms with E-state index >= 15 is 0 Å². The Morgan fingerprint density at radius 3 is 2.79 bits per heavy atom. The summed E-state index contributed by atoms with van der Waals surface area (Å²) >= 11 is 0. The van der Waals surface area contributed by atoms with Gasteiger partial charge in [0.15, 0.2) is 5.78 Å². The van der Waals surface area contributed by atoms with E-state index in [9.17, 15) is 4.79 Å². The fourth-order valence-corrected chi connectivity index (χ4v) is 2.04. The summed E-state index contributed by atoms with van der Waals surface area (Å²) < 4.78 is 0. The number of nitrogens with two attached hydrogens (primary N) is 1. The molecule has 0 aromatic carbocycles. The fourth-order valence-electron chi connectivity index (χ4n) is 2.04. The van der Waals surface area contributed by atoms with E-state index in [1.54, 1.807) is 0 Å². The summed E-state index contributed by atoms with van der Waals surface area (Å²) in [5.74, 6) is 0.166. The Hall–Kier alpha value is -0.630. The van der Waals surface area contributed by atoms with Gasteiger partial charge in [-0.15, -0.1) is 0 Å². The minimum Gasteiger partial charge on any atom is -0.319 e. The Balaban J connectivity index is 2.67. The van der Waals surface area contributed by atoms with Gasteiger partial charge in [0.2, 0.25) is 0 Å². The molecule has 0 saturated carbocycles. The van der Waals surface area contributed by atoms with Crippen LogP contribution >= 0.6 is 0 Å². The lowest BCUT2D eigenvalue weighted by atomic mass is 9.84. The topological polar surface area (TPSA) is 43.1 Å². The summed E-state index contributed by atoms with van der Waals surface area (Å²) in [6.07, 6.45) is 8.14. The second-order valence-electron chi connectivity index (χ2n) is 4.47. The zero-order valence-corrected chi connectivity index (χ0v) is 9.31. The Morgan fingerprint density at radius 1 is 1.57 bits per heavy atom. The van der Waals surface area contributed by atoms with E-state index in [1.807, 2.05) is 6.92 Å². The van der Waals surface area contributed by atoms with Crippen molar-refractivity contribution in [1.82, 2.24) is 0 Å². The van der Waals surface area contributed by atoms with Gasteiger partial charge < -0.3 is 5.73 Å². The van der Waals surface area contributed by atoms with Crippen molar-refractivity contribution in [2.75, 3.05) is 0 Å². The summed E-state index contributed by atoms with van der Waals surface area (Å²) in [6.45, 7) is 3.92. The van der Waals surface area contributed by atoms with Gasteiger partial charge in [-0.2, -0.15) is 0 Å². The molecule has 1 aliphatic carbocycles. The van der Waals surface area contributed by atoms with Gasteiger partial charge in [0.05, 0.1) is 5.54 Å². The van der Waals surface area contributed by atoms with Crippen molar-refractivity contribution in [3.05, 3.63) is 11.6 Å². The van der Waals surface area contributed by atoms with Crippen molar-refractivity contribution >= 4 is 5.78 Å². The lowest BCUT2D eigenvalue weighted by Gasteiger charge is -2.25. The lowest BCUT2D eigenvalue weighted by Crippen LogP contribution is -2.45. The molecule has 2 heteroatoms. The van der Waals surface area contributed by atoms with Crippen molar-refractivity contribution in [2.45, 2.75) is 57.9 Å². The molecular weight excluding hydrogens is 174 g/mol. The number of carbonyl (C=O) groups is 1. The zero-order valence-electron chi connectivity index (χ0n) is 9.31. The van der Waals surface area contributed by atoms with E-state index < -0.39 is 5.54 Å². The normalized spacial score (nSPS) is 21.2. The molecule has 2 nitrogen and oxygen atoms in total. The molecule has 0 radical (unpaired) electrons. The van der Waals surface area contributed by atoms with Gasteiger partial charge in [0.1, 0.15) is 0 Å². The summed E-state index contributed by atoms with van der Waals surface area (Å²) in [7, 11) is 0. The van der Waals surface area contributed by atoms with Crippen LogP contribution in [0.15, 0.2) is 11.6 Å². The highest BCUT2D eigenvalue weighted by atomic mass is 16.1. The minimum atomic E-state index is -0.641. The first-order valence-corrected chi connectivity index (χ1v) is 5.60. The standard InChI is InChI=1S/C12H21NO/c1-3-9-12(2,13)11(14)10-7-5-4-6-8-10/h7H,3-6,8-9,13H2,1-2H3. The average molecular weight is 195 g/mol. The number of hydrogen-bond donors (Lipinski definition) is 1. The van der Waals surface area contributed by atoms with Crippen LogP contribution in [0.4, 0.5) is 0 Å². The first-order chi connectivity index (χ1) is 6.58. The molecule has 0 fully saturated rings. The molecule has 0 aromatic rings. The summed E-state index contributed by atoms with van der Waals surface area (Å²) in [5.41, 5.74) is 6.34. The fraction of sp³-hybridized carbons (Fsp3) is 0.750. The smallest absolute Gasteiger partial charge is 0.178 e. The average Bonchev–Trinajstić information content (AvgIpc) is 2.18. The molecule has 0 amide bonds. The second-order valence-corrected chi connectivity index (χ2v) is 4.47. The Kier molecular flexibility index (Phi) is 3.87. The maximum Gasteiger partial charge on any atom is 0.178 e. The molecule has 0 bridgehead atoms. The number of allylic oxidation sites excluding steroid dienone is 1. The second kappa shape index (κ2) is 4.74. The van der Waals surface area contributed by atoms with Crippen LogP contribution in [0.5, 0.6) is 0 Å². The minimum absolute atomic E-state index is 0.166. The van der Waals surface area contributed by atoms with Gasteiger partial charge in [0.25, 0.3) is 0 Å². The quantitative estimate of drug-likeness (QED) is 0.749. The number of carbonyl (C=O) groups excluding carboxylic acids is 1. The molecule has 0 heterocycles. The van der Waals surface area contributed by atoms with Crippen LogP contribution in [0.2, 0.25) is 0 Å². The van der Waals surface area contributed by atoms with Gasteiger partial charge >= 0.3 is 0 Å². The van der Waals surface area contributed by atoms with Crippen LogP contribution in [0.3, 0.4) is 0 Å². The van der Waals surface area contributed by atoms with Crippen molar-refractivity contribution in [3.63, 3.8) is 0 Å². The van der Waals surface area contributed by atoms with E-state index in [0.717, 1.165) is 37.7 Å². The third kappa shape index (κ3) is 2.68. The molecule has 80 valence electrons. The first-order valence-electron chi connectivity index (χ1n) is 5.60. The Bertz CT molecular complexity index is 241. The lowest BCUT2D eigenvalue weighted by molar-refractivity contribution is -0.120. The van der Waals surface area contributed by atoms with Crippen molar-refractivity contribution in [1.29, 1.82) is 0 Å². The number of Topliss-reactive ketones (excluding diaryl/α,β-unsaturated/α-hetero) is 1. The van der Waals surface area contributed by atoms with Gasteiger partial charge in [-0.3, -0.25) is 4.79 Å². The highest BCUT2D eigenvalue weighted by molar-refractivity contribution is 6.02. The van der Waals surface area contributed by atoms with Crippen LogP contribution in [0, 0.1) is 0 Å². The first kappa shape index (κ1) is 11.4. The molecular formula is C12H21NO. The number of rotatable bonds is 4. The van der Waals surface area contributed by atoms with E-state index in [2.05, 4.69) is 13.0 Å². The third-order valence-corrected chi connectivity index (χ3v) is 2.87. The van der Waals surface area contributed by atoms with Crippen LogP contribution in [-0.2, 0) is 4.79 Å². The molecule has 0 aliphatic heterocycles. The molecule has 2 N–H and O–H groups in total. The van der Waals surface area contributed by atoms with Crippen LogP contribution in [-0.4, -0.2) is 11.3 Å². The van der Waals surface area contributed by atoms with Crippen LogP contribution in [0.1, 0.15) is 52.4 Å². The van der Waals surface area contributed by atoms with E-state index in [1.165, 1.54) is 6.42 Å². The molecule has 14 heavy (non-hydrogen) atoms.